The molecule has 0 atom stereocenters. The molecule has 0 aliphatic heterocycles. The van der Waals surface area contributed by atoms with Crippen LogP contribution in [-0.4, -0.2) is 46.4 Å². The van der Waals surface area contributed by atoms with Crippen LogP contribution < -0.4 is 5.32 Å². The first-order valence-electron chi connectivity index (χ1n) is 12.4. The SMILES string of the molecule is CCN(CC)CC1CCC(Nc2c(C(C)=O)cnc3ccc(-c4cc(F)c(O)c(Cl)c4)cc23)CC1.Cl.Cl. The van der Waals surface area contributed by atoms with Crippen molar-refractivity contribution in [3.05, 3.63) is 52.9 Å². The number of ketones is 1. The molecule has 1 saturated carbocycles. The van der Waals surface area contributed by atoms with Crippen molar-refractivity contribution in [2.75, 3.05) is 25.0 Å². The zero-order valence-electron chi connectivity index (χ0n) is 21.4. The van der Waals surface area contributed by atoms with Gasteiger partial charge in [0.15, 0.2) is 17.3 Å². The number of nitrogens with one attached hydrogen (secondary N) is 1. The van der Waals surface area contributed by atoms with E-state index in [2.05, 4.69) is 29.0 Å². The number of hydrogen-bond acceptors (Lipinski definition) is 5. The van der Waals surface area contributed by atoms with E-state index >= 15 is 0 Å². The lowest BCUT2D eigenvalue weighted by Crippen LogP contribution is -2.34. The minimum absolute atomic E-state index is 0. The number of carbonyl (C=O) groups excluding carboxylic acids is 1. The molecule has 3 aromatic rings. The Bertz CT molecular complexity index is 1210. The number of halogens is 4. The molecule has 37 heavy (non-hydrogen) atoms. The van der Waals surface area contributed by atoms with Gasteiger partial charge in [-0.2, -0.15) is 0 Å². The van der Waals surface area contributed by atoms with E-state index in [0.29, 0.717) is 17.0 Å². The second kappa shape index (κ2) is 13.6. The van der Waals surface area contributed by atoms with Gasteiger partial charge in [0.2, 0.25) is 0 Å². The molecule has 1 aliphatic carbocycles. The van der Waals surface area contributed by atoms with Crippen LogP contribution in [0.2, 0.25) is 5.02 Å². The summed E-state index contributed by atoms with van der Waals surface area (Å²) in [4.78, 5) is 19.5. The Hall–Kier alpha value is -2.12. The van der Waals surface area contributed by atoms with Crippen molar-refractivity contribution < 1.29 is 14.3 Å². The van der Waals surface area contributed by atoms with Gasteiger partial charge in [0.25, 0.3) is 0 Å². The van der Waals surface area contributed by atoms with Crippen molar-refractivity contribution in [2.45, 2.75) is 52.5 Å². The third kappa shape index (κ3) is 7.05. The molecule has 2 N–H and O–H groups in total. The lowest BCUT2D eigenvalue weighted by atomic mass is 9.85. The Morgan fingerprint density at radius 1 is 1.11 bits per heavy atom. The molecule has 1 aliphatic rings. The van der Waals surface area contributed by atoms with E-state index < -0.39 is 11.6 Å². The Balaban J connectivity index is 0.00000241. The van der Waals surface area contributed by atoms with Crippen LogP contribution in [0.25, 0.3) is 22.0 Å². The number of carbonyl (C=O) groups is 1. The van der Waals surface area contributed by atoms with Gasteiger partial charge in [0, 0.05) is 24.2 Å². The fraction of sp³-hybridized carbons (Fsp3) is 0.429. The molecule has 0 bridgehead atoms. The second-order valence-electron chi connectivity index (χ2n) is 9.47. The number of phenols is 1. The molecule has 0 radical (unpaired) electrons. The third-order valence-electron chi connectivity index (χ3n) is 7.20. The van der Waals surface area contributed by atoms with E-state index in [1.807, 2.05) is 18.2 Å². The van der Waals surface area contributed by atoms with Crippen molar-refractivity contribution in [1.29, 1.82) is 0 Å². The average Bonchev–Trinajstić information content (AvgIpc) is 2.86. The van der Waals surface area contributed by atoms with E-state index in [1.54, 1.807) is 13.1 Å². The number of anilines is 1. The molecule has 0 saturated heterocycles. The number of benzene rings is 2. The van der Waals surface area contributed by atoms with Gasteiger partial charge < -0.3 is 15.3 Å². The smallest absolute Gasteiger partial charge is 0.170 e. The molecule has 2 aromatic carbocycles. The number of pyridine rings is 1. The summed E-state index contributed by atoms with van der Waals surface area (Å²) in [7, 11) is 0. The van der Waals surface area contributed by atoms with Gasteiger partial charge in [0.1, 0.15) is 0 Å². The molecule has 4 rings (SSSR count). The summed E-state index contributed by atoms with van der Waals surface area (Å²) in [5, 5.41) is 14.1. The van der Waals surface area contributed by atoms with Crippen molar-refractivity contribution in [1.82, 2.24) is 9.88 Å². The second-order valence-corrected chi connectivity index (χ2v) is 9.88. The van der Waals surface area contributed by atoms with Crippen LogP contribution in [0.5, 0.6) is 5.75 Å². The third-order valence-corrected chi connectivity index (χ3v) is 7.49. The van der Waals surface area contributed by atoms with Crippen LogP contribution in [0.3, 0.4) is 0 Å². The molecule has 0 amide bonds. The number of aromatic nitrogens is 1. The van der Waals surface area contributed by atoms with Crippen LogP contribution >= 0.6 is 36.4 Å². The minimum atomic E-state index is -0.775. The number of rotatable bonds is 8. The molecule has 9 heteroatoms. The van der Waals surface area contributed by atoms with E-state index in [9.17, 15) is 14.3 Å². The Morgan fingerprint density at radius 2 is 1.78 bits per heavy atom. The first-order chi connectivity index (χ1) is 16.8. The fourth-order valence-corrected chi connectivity index (χ4v) is 5.28. The normalized spacial score (nSPS) is 17.2. The maximum Gasteiger partial charge on any atom is 0.170 e. The summed E-state index contributed by atoms with van der Waals surface area (Å²) in [6, 6.07) is 8.68. The molecule has 1 heterocycles. The quantitative estimate of drug-likeness (QED) is 0.271. The van der Waals surface area contributed by atoms with Crippen LogP contribution in [0.1, 0.15) is 56.8 Å². The van der Waals surface area contributed by atoms with Crippen molar-refractivity contribution in [2.24, 2.45) is 5.92 Å². The van der Waals surface area contributed by atoms with E-state index in [0.717, 1.165) is 67.5 Å². The average molecular weight is 571 g/mol. The number of fused-ring (bicyclic) bond motifs is 1. The summed E-state index contributed by atoms with van der Waals surface area (Å²) in [6.45, 7) is 9.28. The number of aromatic hydroxyl groups is 1. The van der Waals surface area contributed by atoms with Gasteiger partial charge in [-0.3, -0.25) is 9.78 Å². The van der Waals surface area contributed by atoms with Crippen LogP contribution in [0, 0.1) is 11.7 Å². The highest BCUT2D eigenvalue weighted by atomic mass is 35.5. The van der Waals surface area contributed by atoms with Gasteiger partial charge in [0.05, 0.1) is 21.8 Å². The molecule has 0 spiro atoms. The fourth-order valence-electron chi connectivity index (χ4n) is 5.07. The highest BCUT2D eigenvalue weighted by molar-refractivity contribution is 6.32. The van der Waals surface area contributed by atoms with Gasteiger partial charge in [-0.1, -0.05) is 31.5 Å². The Kier molecular flexibility index (Phi) is 11.4. The van der Waals surface area contributed by atoms with Gasteiger partial charge >= 0.3 is 0 Å². The lowest BCUT2D eigenvalue weighted by molar-refractivity contribution is 0.101. The van der Waals surface area contributed by atoms with Crippen LogP contribution in [-0.2, 0) is 0 Å². The van der Waals surface area contributed by atoms with E-state index in [4.69, 9.17) is 11.6 Å². The van der Waals surface area contributed by atoms with Crippen molar-refractivity contribution >= 4 is 58.8 Å². The molecule has 1 aromatic heterocycles. The highest BCUT2D eigenvalue weighted by Gasteiger charge is 2.24. The van der Waals surface area contributed by atoms with Crippen molar-refractivity contribution in [3.8, 4) is 16.9 Å². The number of nitrogens with zero attached hydrogens (tertiary/aromatic N) is 2. The first kappa shape index (κ1) is 31.1. The predicted molar refractivity (Wildman–Crippen MR) is 155 cm³/mol. The summed E-state index contributed by atoms with van der Waals surface area (Å²) >= 11 is 6.01. The van der Waals surface area contributed by atoms with Gasteiger partial charge in [-0.15, -0.1) is 24.8 Å². The van der Waals surface area contributed by atoms with Gasteiger partial charge in [-0.05, 0) is 87.0 Å². The molecular formula is C28H35Cl3FN3O2. The number of hydrogen-bond donors (Lipinski definition) is 2. The predicted octanol–water partition coefficient (Wildman–Crippen LogP) is 7.76. The summed E-state index contributed by atoms with van der Waals surface area (Å²) in [6.07, 6.45) is 6.04. The molecule has 5 nitrogen and oxygen atoms in total. The van der Waals surface area contributed by atoms with Crippen LogP contribution in [0.15, 0.2) is 36.5 Å². The topological polar surface area (TPSA) is 65.5 Å². The summed E-state index contributed by atoms with van der Waals surface area (Å²) < 4.78 is 14.1. The maximum absolute atomic E-state index is 14.1. The zero-order valence-corrected chi connectivity index (χ0v) is 23.8. The highest BCUT2D eigenvalue weighted by Crippen LogP contribution is 2.36. The molecule has 1 fully saturated rings. The van der Waals surface area contributed by atoms with Gasteiger partial charge in [-0.25, -0.2) is 4.39 Å². The first-order valence-corrected chi connectivity index (χ1v) is 12.8. The molecular weight excluding hydrogens is 536 g/mol. The number of phenolic OH excluding ortho intramolecular Hbond substituents is 1. The monoisotopic (exact) mass is 569 g/mol. The lowest BCUT2D eigenvalue weighted by Gasteiger charge is -2.33. The zero-order chi connectivity index (χ0) is 25.1. The molecule has 0 unspecified atom stereocenters. The molecule has 202 valence electrons. The van der Waals surface area contributed by atoms with E-state index in [1.165, 1.54) is 12.1 Å². The van der Waals surface area contributed by atoms with Crippen LogP contribution in [0.4, 0.5) is 10.1 Å². The number of Topliss-reactive ketones (excluding diaryl/α,β-unsaturated/α-hetero) is 1. The minimum Gasteiger partial charge on any atom is -0.504 e. The van der Waals surface area contributed by atoms with E-state index in [-0.39, 0.29) is 41.7 Å². The Labute approximate surface area is 235 Å². The summed E-state index contributed by atoms with van der Waals surface area (Å²) in [5.74, 6) is -0.685. The largest absolute Gasteiger partial charge is 0.504 e. The summed E-state index contributed by atoms with van der Waals surface area (Å²) in [5.41, 5.74) is 3.36. The Morgan fingerprint density at radius 3 is 2.38 bits per heavy atom. The maximum atomic E-state index is 14.1. The standard InChI is InChI=1S/C28H33ClFN3O2.2ClH/c1-4-33(5-2)16-18-6-9-21(10-7-18)32-27-22-12-19(20-13-24(29)28(35)25(30)14-20)8-11-26(22)31-15-23(27)17(3)34;;/h8,11-15,18,21,35H,4-7,9-10,16H2,1-3H3,(H,31,32);2*1H. The van der Waals surface area contributed by atoms with Crippen molar-refractivity contribution in [3.63, 3.8) is 0 Å².